The molecule has 0 fully saturated rings. The number of carbonyl (C=O) groups is 1. The molecule has 2 aromatic carbocycles. The van der Waals surface area contributed by atoms with E-state index in [1.807, 2.05) is 0 Å². The van der Waals surface area contributed by atoms with Crippen LogP contribution in [0.25, 0.3) is 5.69 Å². The first-order chi connectivity index (χ1) is 12.4. The SMILES string of the molecule is C[C@@H](NS(=O)(=O)c1cccc(C(=O)O)c1)c1ccc(-n2cncn2)cc1. The van der Waals surface area contributed by atoms with Crippen LogP contribution >= 0.6 is 0 Å². The summed E-state index contributed by atoms with van der Waals surface area (Å²) < 4.78 is 29.2. The molecule has 3 rings (SSSR count). The van der Waals surface area contributed by atoms with Gasteiger partial charge in [0.05, 0.1) is 16.1 Å². The lowest BCUT2D eigenvalue weighted by Crippen LogP contribution is -2.27. The third-order valence-electron chi connectivity index (χ3n) is 3.80. The fraction of sp³-hybridized carbons (Fsp3) is 0.118. The molecule has 3 aromatic rings. The maximum atomic E-state index is 12.5. The summed E-state index contributed by atoms with van der Waals surface area (Å²) in [5.74, 6) is -1.18. The fourth-order valence-corrected chi connectivity index (χ4v) is 3.70. The Kier molecular flexibility index (Phi) is 4.83. The molecule has 0 radical (unpaired) electrons. The fourth-order valence-electron chi connectivity index (χ4n) is 2.42. The summed E-state index contributed by atoms with van der Waals surface area (Å²) in [6, 6.07) is 11.9. The molecule has 0 spiro atoms. The number of aromatic nitrogens is 3. The average Bonchev–Trinajstić information content (AvgIpc) is 3.16. The second-order valence-corrected chi connectivity index (χ2v) is 7.32. The molecule has 0 bridgehead atoms. The summed E-state index contributed by atoms with van der Waals surface area (Å²) >= 11 is 0. The highest BCUT2D eigenvalue weighted by molar-refractivity contribution is 7.89. The molecule has 1 aromatic heterocycles. The molecule has 8 nitrogen and oxygen atoms in total. The molecule has 0 aliphatic heterocycles. The second-order valence-electron chi connectivity index (χ2n) is 5.61. The minimum absolute atomic E-state index is 0.0855. The van der Waals surface area contributed by atoms with Crippen LogP contribution in [0.15, 0.2) is 66.1 Å². The van der Waals surface area contributed by atoms with Crippen molar-refractivity contribution in [2.75, 3.05) is 0 Å². The van der Waals surface area contributed by atoms with E-state index in [-0.39, 0.29) is 10.5 Å². The zero-order chi connectivity index (χ0) is 18.7. The van der Waals surface area contributed by atoms with Crippen molar-refractivity contribution in [3.63, 3.8) is 0 Å². The van der Waals surface area contributed by atoms with Crippen LogP contribution in [0.1, 0.15) is 28.9 Å². The van der Waals surface area contributed by atoms with Crippen LogP contribution in [-0.2, 0) is 10.0 Å². The Morgan fingerprint density at radius 2 is 1.92 bits per heavy atom. The summed E-state index contributed by atoms with van der Waals surface area (Å²) in [4.78, 5) is 14.8. The Balaban J connectivity index is 1.79. The monoisotopic (exact) mass is 372 g/mol. The number of benzene rings is 2. The van der Waals surface area contributed by atoms with Crippen LogP contribution < -0.4 is 4.72 Å². The predicted octanol–water partition coefficient (Wildman–Crippen LogP) is 2.00. The zero-order valence-corrected chi connectivity index (χ0v) is 14.6. The van der Waals surface area contributed by atoms with Gasteiger partial charge in [-0.3, -0.25) is 0 Å². The van der Waals surface area contributed by atoms with Gasteiger partial charge in [0.2, 0.25) is 10.0 Å². The molecule has 2 N–H and O–H groups in total. The Bertz CT molecular complexity index is 1020. The quantitative estimate of drug-likeness (QED) is 0.684. The summed E-state index contributed by atoms with van der Waals surface area (Å²) in [6.45, 7) is 1.71. The molecule has 134 valence electrons. The molecular formula is C17H16N4O4S. The highest BCUT2D eigenvalue weighted by Gasteiger charge is 2.19. The van der Waals surface area contributed by atoms with Gasteiger partial charge in [-0.25, -0.2) is 27.6 Å². The smallest absolute Gasteiger partial charge is 0.335 e. The van der Waals surface area contributed by atoms with Crippen molar-refractivity contribution < 1.29 is 18.3 Å². The number of hydrogen-bond acceptors (Lipinski definition) is 5. The number of nitrogens with one attached hydrogen (secondary N) is 1. The number of nitrogens with zero attached hydrogens (tertiary/aromatic N) is 3. The topological polar surface area (TPSA) is 114 Å². The first-order valence-corrected chi connectivity index (χ1v) is 9.16. The van der Waals surface area contributed by atoms with Gasteiger partial charge in [0.15, 0.2) is 0 Å². The van der Waals surface area contributed by atoms with E-state index >= 15 is 0 Å². The number of sulfonamides is 1. The number of rotatable bonds is 6. The lowest BCUT2D eigenvalue weighted by Gasteiger charge is -2.15. The van der Waals surface area contributed by atoms with Gasteiger partial charge < -0.3 is 5.11 Å². The standard InChI is InChI=1S/C17H16N4O4S/c1-12(13-5-7-15(8-6-13)21-11-18-10-19-21)20-26(24,25)16-4-2-3-14(9-16)17(22)23/h2-12,20H,1H3,(H,22,23)/t12-/m1/s1. The molecule has 0 aliphatic rings. The lowest BCUT2D eigenvalue weighted by molar-refractivity contribution is 0.0696. The Hall–Kier alpha value is -3.04. The molecule has 0 unspecified atom stereocenters. The lowest BCUT2D eigenvalue weighted by atomic mass is 10.1. The van der Waals surface area contributed by atoms with Crippen molar-refractivity contribution >= 4 is 16.0 Å². The minimum atomic E-state index is -3.86. The van der Waals surface area contributed by atoms with E-state index in [0.29, 0.717) is 0 Å². The van der Waals surface area contributed by atoms with E-state index in [2.05, 4.69) is 14.8 Å². The summed E-state index contributed by atoms with van der Waals surface area (Å²) in [5.41, 5.74) is 1.47. The van der Waals surface area contributed by atoms with Crippen LogP contribution in [0.4, 0.5) is 0 Å². The third kappa shape index (κ3) is 3.79. The molecule has 0 saturated carbocycles. The number of carboxylic acids is 1. The van der Waals surface area contributed by atoms with Crippen molar-refractivity contribution in [3.05, 3.63) is 72.3 Å². The highest BCUT2D eigenvalue weighted by atomic mass is 32.2. The first-order valence-electron chi connectivity index (χ1n) is 7.67. The van der Waals surface area contributed by atoms with Crippen molar-refractivity contribution in [2.45, 2.75) is 17.9 Å². The molecule has 9 heteroatoms. The first kappa shape index (κ1) is 17.8. The summed E-state index contributed by atoms with van der Waals surface area (Å²) in [6.07, 6.45) is 2.99. The van der Waals surface area contributed by atoms with E-state index in [9.17, 15) is 13.2 Å². The molecule has 0 amide bonds. The predicted molar refractivity (Wildman–Crippen MR) is 93.5 cm³/mol. The van der Waals surface area contributed by atoms with Gasteiger partial charge in [-0.2, -0.15) is 5.10 Å². The number of aromatic carboxylic acids is 1. The van der Waals surface area contributed by atoms with E-state index in [1.54, 1.807) is 42.2 Å². The molecule has 1 atom stereocenters. The normalized spacial score (nSPS) is 12.7. The van der Waals surface area contributed by atoms with Crippen LogP contribution in [0.5, 0.6) is 0 Å². The summed E-state index contributed by atoms with van der Waals surface area (Å²) in [7, 11) is -3.86. The average molecular weight is 372 g/mol. The molecule has 0 saturated heterocycles. The number of carboxylic acid groups (broad SMARTS) is 1. The largest absolute Gasteiger partial charge is 0.478 e. The molecule has 1 heterocycles. The molecular weight excluding hydrogens is 356 g/mol. The maximum Gasteiger partial charge on any atom is 0.335 e. The second kappa shape index (κ2) is 7.06. The Labute approximate surface area is 150 Å². The molecule has 0 aliphatic carbocycles. The third-order valence-corrected chi connectivity index (χ3v) is 5.34. The van der Waals surface area contributed by atoms with Gasteiger partial charge in [-0.1, -0.05) is 18.2 Å². The van der Waals surface area contributed by atoms with Crippen molar-refractivity contribution in [1.82, 2.24) is 19.5 Å². The highest BCUT2D eigenvalue weighted by Crippen LogP contribution is 2.19. The molecule has 26 heavy (non-hydrogen) atoms. The minimum Gasteiger partial charge on any atom is -0.478 e. The Morgan fingerprint density at radius 1 is 1.19 bits per heavy atom. The van der Waals surface area contributed by atoms with Crippen molar-refractivity contribution in [2.24, 2.45) is 0 Å². The Morgan fingerprint density at radius 3 is 2.54 bits per heavy atom. The maximum absolute atomic E-state index is 12.5. The van der Waals surface area contributed by atoms with Gasteiger partial charge in [0, 0.05) is 6.04 Å². The van der Waals surface area contributed by atoms with Crippen molar-refractivity contribution in [3.8, 4) is 5.69 Å². The van der Waals surface area contributed by atoms with Crippen LogP contribution in [0.2, 0.25) is 0 Å². The van der Waals surface area contributed by atoms with Crippen LogP contribution in [-0.4, -0.2) is 34.3 Å². The van der Waals surface area contributed by atoms with E-state index in [4.69, 9.17) is 5.11 Å². The van der Waals surface area contributed by atoms with Gasteiger partial charge in [0.25, 0.3) is 0 Å². The van der Waals surface area contributed by atoms with Crippen LogP contribution in [0.3, 0.4) is 0 Å². The van der Waals surface area contributed by atoms with Gasteiger partial charge in [-0.05, 0) is 42.8 Å². The van der Waals surface area contributed by atoms with Crippen LogP contribution in [0, 0.1) is 0 Å². The van der Waals surface area contributed by atoms with Gasteiger partial charge in [-0.15, -0.1) is 0 Å². The number of hydrogen-bond donors (Lipinski definition) is 2. The summed E-state index contributed by atoms with van der Waals surface area (Å²) in [5, 5.41) is 13.0. The van der Waals surface area contributed by atoms with Crippen molar-refractivity contribution in [1.29, 1.82) is 0 Å². The van der Waals surface area contributed by atoms with Gasteiger partial charge >= 0.3 is 5.97 Å². The van der Waals surface area contributed by atoms with E-state index < -0.39 is 22.0 Å². The van der Waals surface area contributed by atoms with Gasteiger partial charge in [0.1, 0.15) is 12.7 Å². The van der Waals surface area contributed by atoms with E-state index in [1.165, 1.54) is 24.5 Å². The zero-order valence-electron chi connectivity index (χ0n) is 13.8. The van der Waals surface area contributed by atoms with E-state index in [0.717, 1.165) is 17.3 Å².